The Kier molecular flexibility index (Phi) is 5.51. The highest BCUT2D eigenvalue weighted by Gasteiger charge is 2.06. The molecule has 0 aliphatic carbocycles. The molecule has 0 spiro atoms. The Morgan fingerprint density at radius 2 is 2.32 bits per heavy atom. The van der Waals surface area contributed by atoms with Crippen LogP contribution in [0.2, 0.25) is 0 Å². The van der Waals surface area contributed by atoms with Gasteiger partial charge in [-0.2, -0.15) is 10.4 Å². The van der Waals surface area contributed by atoms with Crippen molar-refractivity contribution >= 4 is 23.5 Å². The van der Waals surface area contributed by atoms with E-state index in [1.165, 1.54) is 24.7 Å². The van der Waals surface area contributed by atoms with Crippen molar-refractivity contribution in [2.24, 2.45) is 5.10 Å². The van der Waals surface area contributed by atoms with Crippen LogP contribution in [-0.4, -0.2) is 25.8 Å². The number of carbonyl (C=O) groups excluding carboxylic acids is 1. The lowest BCUT2D eigenvalue weighted by Crippen LogP contribution is -2.16. The predicted octanol–water partition coefficient (Wildman–Crippen LogP) is 2.42. The summed E-state index contributed by atoms with van der Waals surface area (Å²) in [6, 6.07) is 10.5. The SMILES string of the molecule is COc1cc(C=NNC(=O)c2cccs2)ccc1OCC#N. The Balaban J connectivity index is 2.02. The number of amides is 1. The highest BCUT2D eigenvalue weighted by molar-refractivity contribution is 7.12. The fraction of sp³-hybridized carbons (Fsp3) is 0.133. The third kappa shape index (κ3) is 4.07. The summed E-state index contributed by atoms with van der Waals surface area (Å²) in [5.74, 6) is 0.708. The van der Waals surface area contributed by atoms with Crippen molar-refractivity contribution in [3.05, 3.63) is 46.2 Å². The van der Waals surface area contributed by atoms with Gasteiger partial charge in [0.2, 0.25) is 0 Å². The van der Waals surface area contributed by atoms with E-state index in [9.17, 15) is 4.79 Å². The molecule has 0 saturated heterocycles. The number of nitrogens with one attached hydrogen (secondary N) is 1. The summed E-state index contributed by atoms with van der Waals surface area (Å²) in [5, 5.41) is 14.2. The second kappa shape index (κ2) is 7.81. The van der Waals surface area contributed by atoms with Crippen LogP contribution in [0.5, 0.6) is 11.5 Å². The highest BCUT2D eigenvalue weighted by Crippen LogP contribution is 2.27. The summed E-state index contributed by atoms with van der Waals surface area (Å²) in [7, 11) is 1.51. The first-order chi connectivity index (χ1) is 10.7. The molecule has 0 fully saturated rings. The standard InChI is InChI=1S/C15H13N3O3S/c1-20-13-9-11(4-5-12(13)21-7-6-16)10-17-18-15(19)14-3-2-8-22-14/h2-5,8-10H,7H2,1H3,(H,18,19). The molecule has 1 N–H and O–H groups in total. The first kappa shape index (κ1) is 15.5. The number of hydrazone groups is 1. The van der Waals surface area contributed by atoms with Gasteiger partial charge >= 0.3 is 0 Å². The van der Waals surface area contributed by atoms with Gasteiger partial charge in [-0.15, -0.1) is 11.3 Å². The summed E-state index contributed by atoms with van der Waals surface area (Å²) in [6.45, 7) is -0.0549. The monoisotopic (exact) mass is 315 g/mol. The number of nitrogens with zero attached hydrogens (tertiary/aromatic N) is 2. The van der Waals surface area contributed by atoms with Crippen molar-refractivity contribution < 1.29 is 14.3 Å². The van der Waals surface area contributed by atoms with Crippen LogP contribution >= 0.6 is 11.3 Å². The smallest absolute Gasteiger partial charge is 0.281 e. The molecule has 22 heavy (non-hydrogen) atoms. The third-order valence-corrected chi connectivity index (χ3v) is 3.47. The maximum Gasteiger partial charge on any atom is 0.281 e. The summed E-state index contributed by atoms with van der Waals surface area (Å²) in [6.07, 6.45) is 1.50. The first-order valence-electron chi connectivity index (χ1n) is 6.29. The average molecular weight is 315 g/mol. The first-order valence-corrected chi connectivity index (χ1v) is 7.17. The highest BCUT2D eigenvalue weighted by atomic mass is 32.1. The lowest BCUT2D eigenvalue weighted by atomic mass is 10.2. The number of thiophene rings is 1. The topological polar surface area (TPSA) is 83.7 Å². The second-order valence-electron chi connectivity index (χ2n) is 4.03. The Bertz CT molecular complexity index is 705. The van der Waals surface area contributed by atoms with Gasteiger partial charge in [0.1, 0.15) is 6.07 Å². The number of hydrogen-bond donors (Lipinski definition) is 1. The fourth-order valence-electron chi connectivity index (χ4n) is 1.62. The van der Waals surface area contributed by atoms with E-state index in [2.05, 4.69) is 10.5 Å². The number of carbonyl (C=O) groups is 1. The molecule has 2 aromatic rings. The van der Waals surface area contributed by atoms with Crippen LogP contribution < -0.4 is 14.9 Å². The van der Waals surface area contributed by atoms with Gasteiger partial charge in [-0.25, -0.2) is 5.43 Å². The summed E-state index contributed by atoms with van der Waals surface area (Å²) < 4.78 is 10.4. The summed E-state index contributed by atoms with van der Waals surface area (Å²) in [4.78, 5) is 12.3. The van der Waals surface area contributed by atoms with E-state index in [4.69, 9.17) is 14.7 Å². The molecule has 0 unspecified atom stereocenters. The van der Waals surface area contributed by atoms with Gasteiger partial charge in [0, 0.05) is 0 Å². The van der Waals surface area contributed by atoms with Crippen LogP contribution in [0.25, 0.3) is 0 Å². The number of methoxy groups -OCH3 is 1. The largest absolute Gasteiger partial charge is 0.493 e. The van der Waals surface area contributed by atoms with Crippen molar-refractivity contribution in [1.29, 1.82) is 5.26 Å². The molecule has 0 bridgehead atoms. The molecule has 6 nitrogen and oxygen atoms in total. The van der Waals surface area contributed by atoms with Gasteiger partial charge in [-0.05, 0) is 35.2 Å². The minimum atomic E-state index is -0.257. The van der Waals surface area contributed by atoms with Crippen molar-refractivity contribution in [1.82, 2.24) is 5.43 Å². The van der Waals surface area contributed by atoms with Gasteiger partial charge in [0.25, 0.3) is 5.91 Å². The number of rotatable bonds is 6. The van der Waals surface area contributed by atoms with E-state index in [-0.39, 0.29) is 12.5 Å². The Hall–Kier alpha value is -2.85. The summed E-state index contributed by atoms with van der Waals surface area (Å²) >= 11 is 1.34. The quantitative estimate of drug-likeness (QED) is 0.655. The minimum absolute atomic E-state index is 0.0549. The van der Waals surface area contributed by atoms with Crippen LogP contribution in [-0.2, 0) is 0 Å². The van der Waals surface area contributed by atoms with Crippen LogP contribution in [0.4, 0.5) is 0 Å². The van der Waals surface area contributed by atoms with Crippen molar-refractivity contribution in [3.8, 4) is 17.6 Å². The van der Waals surface area contributed by atoms with Gasteiger partial charge in [-0.1, -0.05) is 6.07 Å². The third-order valence-electron chi connectivity index (χ3n) is 2.60. The van der Waals surface area contributed by atoms with E-state index in [0.717, 1.165) is 5.56 Å². The van der Waals surface area contributed by atoms with E-state index < -0.39 is 0 Å². The van der Waals surface area contributed by atoms with Gasteiger partial charge in [0.15, 0.2) is 18.1 Å². The number of nitriles is 1. The zero-order valence-corrected chi connectivity index (χ0v) is 12.6. The van der Waals surface area contributed by atoms with Crippen molar-refractivity contribution in [2.75, 3.05) is 13.7 Å². The maximum atomic E-state index is 11.7. The number of hydrogen-bond acceptors (Lipinski definition) is 6. The van der Waals surface area contributed by atoms with E-state index in [1.807, 2.05) is 11.4 Å². The summed E-state index contributed by atoms with van der Waals surface area (Å²) in [5.41, 5.74) is 3.18. The average Bonchev–Trinajstić information content (AvgIpc) is 3.07. The van der Waals surface area contributed by atoms with Gasteiger partial charge in [-0.3, -0.25) is 4.79 Å². The number of ether oxygens (including phenoxy) is 2. The fourth-order valence-corrected chi connectivity index (χ4v) is 2.24. The van der Waals surface area contributed by atoms with Crippen LogP contribution in [0.15, 0.2) is 40.8 Å². The van der Waals surface area contributed by atoms with E-state index in [0.29, 0.717) is 16.4 Å². The molecular weight excluding hydrogens is 302 g/mol. The van der Waals surface area contributed by atoms with Crippen LogP contribution in [0, 0.1) is 11.3 Å². The van der Waals surface area contributed by atoms with Crippen molar-refractivity contribution in [2.45, 2.75) is 0 Å². The molecule has 0 radical (unpaired) electrons. The minimum Gasteiger partial charge on any atom is -0.493 e. The normalized spacial score (nSPS) is 10.2. The van der Waals surface area contributed by atoms with Crippen molar-refractivity contribution in [3.63, 3.8) is 0 Å². The Labute approximate surface area is 131 Å². The van der Waals surface area contributed by atoms with Gasteiger partial charge in [0.05, 0.1) is 18.2 Å². The van der Waals surface area contributed by atoms with Crippen LogP contribution in [0.3, 0.4) is 0 Å². The second-order valence-corrected chi connectivity index (χ2v) is 4.98. The zero-order chi connectivity index (χ0) is 15.8. The molecular formula is C15H13N3O3S. The molecule has 1 aromatic carbocycles. The lowest BCUT2D eigenvalue weighted by molar-refractivity contribution is 0.0959. The van der Waals surface area contributed by atoms with E-state index in [1.54, 1.807) is 30.3 Å². The molecule has 0 saturated carbocycles. The molecule has 0 atom stereocenters. The molecule has 0 aliphatic heterocycles. The maximum absolute atomic E-state index is 11.7. The van der Waals surface area contributed by atoms with Gasteiger partial charge < -0.3 is 9.47 Å². The lowest BCUT2D eigenvalue weighted by Gasteiger charge is -2.08. The molecule has 112 valence electrons. The predicted molar refractivity (Wildman–Crippen MR) is 83.5 cm³/mol. The molecule has 1 heterocycles. The number of benzene rings is 1. The van der Waals surface area contributed by atoms with Crippen LogP contribution in [0.1, 0.15) is 15.2 Å². The Morgan fingerprint density at radius 1 is 1.45 bits per heavy atom. The molecule has 7 heteroatoms. The Morgan fingerprint density at radius 3 is 3.00 bits per heavy atom. The molecule has 1 aromatic heterocycles. The molecule has 0 aliphatic rings. The molecule has 1 amide bonds. The van der Waals surface area contributed by atoms with E-state index >= 15 is 0 Å². The molecule has 2 rings (SSSR count). The zero-order valence-electron chi connectivity index (χ0n) is 11.8.